The van der Waals surface area contributed by atoms with Crippen LogP contribution in [0.3, 0.4) is 0 Å². The molecule has 1 aromatic carbocycles. The zero-order valence-corrected chi connectivity index (χ0v) is 18.2. The smallest absolute Gasteiger partial charge is 0.243 e. The van der Waals surface area contributed by atoms with Crippen LogP contribution in [-0.2, 0) is 4.79 Å². The van der Waals surface area contributed by atoms with Crippen LogP contribution in [0.1, 0.15) is 37.1 Å². The molecule has 9 nitrogen and oxygen atoms in total. The summed E-state index contributed by atoms with van der Waals surface area (Å²) in [5.74, 6) is 2.76. The van der Waals surface area contributed by atoms with E-state index in [1.54, 1.807) is 17.1 Å². The molecule has 32 heavy (non-hydrogen) atoms. The molecule has 2 aliphatic rings. The molecule has 5 rings (SSSR count). The summed E-state index contributed by atoms with van der Waals surface area (Å²) < 4.78 is 13.0. The Morgan fingerprint density at radius 1 is 1.19 bits per heavy atom. The van der Waals surface area contributed by atoms with E-state index in [2.05, 4.69) is 20.2 Å². The van der Waals surface area contributed by atoms with Crippen LogP contribution in [0.4, 0.5) is 5.82 Å². The van der Waals surface area contributed by atoms with Gasteiger partial charge in [-0.1, -0.05) is 6.07 Å². The lowest BCUT2D eigenvalue weighted by molar-refractivity contribution is -0.122. The molecule has 1 saturated heterocycles. The number of imidazole rings is 1. The Labute approximate surface area is 186 Å². The quantitative estimate of drug-likeness (QED) is 0.660. The third-order valence-electron chi connectivity index (χ3n) is 5.84. The van der Waals surface area contributed by atoms with Gasteiger partial charge in [0.05, 0.1) is 6.04 Å². The summed E-state index contributed by atoms with van der Waals surface area (Å²) in [6, 6.07) is 7.30. The largest absolute Gasteiger partial charge is 0.486 e. The van der Waals surface area contributed by atoms with Gasteiger partial charge in [-0.15, -0.1) is 0 Å². The molecule has 0 radical (unpaired) electrons. The predicted molar refractivity (Wildman–Crippen MR) is 118 cm³/mol. The van der Waals surface area contributed by atoms with E-state index in [-0.39, 0.29) is 18.0 Å². The Bertz CT molecular complexity index is 1120. The molecule has 166 valence electrons. The summed E-state index contributed by atoms with van der Waals surface area (Å²) in [7, 11) is 0. The van der Waals surface area contributed by atoms with Crippen LogP contribution >= 0.6 is 0 Å². The number of amides is 1. The van der Waals surface area contributed by atoms with Crippen molar-refractivity contribution in [3.63, 3.8) is 0 Å². The number of carbonyl (C=O) groups is 1. The zero-order chi connectivity index (χ0) is 22.1. The predicted octanol–water partition coefficient (Wildman–Crippen LogP) is 2.59. The van der Waals surface area contributed by atoms with Gasteiger partial charge in [-0.25, -0.2) is 9.97 Å². The van der Waals surface area contributed by atoms with Gasteiger partial charge in [-0.3, -0.25) is 9.36 Å². The van der Waals surface area contributed by atoms with Gasteiger partial charge in [-0.05, 0) is 44.4 Å². The molecular weight excluding hydrogens is 408 g/mol. The van der Waals surface area contributed by atoms with Crippen LogP contribution in [0.25, 0.3) is 5.95 Å². The first-order chi connectivity index (χ1) is 15.6. The number of hydrogen-bond donors (Lipinski definition) is 1. The van der Waals surface area contributed by atoms with Crippen molar-refractivity contribution in [1.82, 2.24) is 24.8 Å². The topological polar surface area (TPSA) is 94.4 Å². The van der Waals surface area contributed by atoms with Crippen molar-refractivity contribution in [3.05, 3.63) is 54.2 Å². The van der Waals surface area contributed by atoms with Gasteiger partial charge in [0.25, 0.3) is 0 Å². The van der Waals surface area contributed by atoms with E-state index < -0.39 is 0 Å². The summed E-state index contributed by atoms with van der Waals surface area (Å²) in [6.07, 6.45) is 6.88. The second-order valence-electron chi connectivity index (χ2n) is 8.12. The molecule has 2 aromatic heterocycles. The van der Waals surface area contributed by atoms with Gasteiger partial charge in [0.1, 0.15) is 31.4 Å². The highest BCUT2D eigenvalue weighted by atomic mass is 16.6. The Kier molecular flexibility index (Phi) is 5.38. The van der Waals surface area contributed by atoms with Gasteiger partial charge < -0.3 is 19.7 Å². The van der Waals surface area contributed by atoms with Crippen LogP contribution in [0.2, 0.25) is 0 Å². The number of nitrogens with one attached hydrogen (secondary N) is 1. The van der Waals surface area contributed by atoms with E-state index >= 15 is 0 Å². The number of nitrogens with zero attached hydrogens (tertiary/aromatic N) is 5. The van der Waals surface area contributed by atoms with E-state index in [0.29, 0.717) is 19.2 Å². The highest BCUT2D eigenvalue weighted by molar-refractivity contribution is 5.86. The van der Waals surface area contributed by atoms with E-state index in [9.17, 15) is 4.79 Å². The second-order valence-corrected chi connectivity index (χ2v) is 8.12. The van der Waals surface area contributed by atoms with Crippen molar-refractivity contribution in [2.75, 3.05) is 24.7 Å². The van der Waals surface area contributed by atoms with Crippen molar-refractivity contribution in [2.24, 2.45) is 0 Å². The summed E-state index contributed by atoms with van der Waals surface area (Å²) in [4.78, 5) is 28.6. The Balaban J connectivity index is 1.33. The Morgan fingerprint density at radius 2 is 2.03 bits per heavy atom. The standard InChI is InChI=1S/C23H26N6O3/c1-15-12-21(27-23(25-15)28-9-7-24-14-28)29-8-3-4-18(29)22(30)26-16(2)17-5-6-19-20(13-17)32-11-10-31-19/h5-7,9,12-14,16,18H,3-4,8,10-11H2,1-2H3,(H,26,30). The molecule has 2 unspecified atom stereocenters. The minimum absolute atomic E-state index is 0.00895. The number of ether oxygens (including phenoxy) is 2. The highest BCUT2D eigenvalue weighted by Gasteiger charge is 2.33. The molecule has 2 atom stereocenters. The summed E-state index contributed by atoms with van der Waals surface area (Å²) in [5.41, 5.74) is 1.82. The van der Waals surface area contributed by atoms with Gasteiger partial charge in [0.2, 0.25) is 11.9 Å². The van der Waals surface area contributed by atoms with Crippen LogP contribution in [0.5, 0.6) is 11.5 Å². The molecule has 0 bridgehead atoms. The minimum atomic E-state index is -0.278. The lowest BCUT2D eigenvalue weighted by Gasteiger charge is -2.27. The number of carbonyl (C=O) groups excluding carboxylic acids is 1. The van der Waals surface area contributed by atoms with Gasteiger partial charge in [0.15, 0.2) is 11.5 Å². The maximum Gasteiger partial charge on any atom is 0.243 e. The van der Waals surface area contributed by atoms with Crippen molar-refractivity contribution >= 4 is 11.7 Å². The zero-order valence-electron chi connectivity index (χ0n) is 18.2. The summed E-state index contributed by atoms with van der Waals surface area (Å²) in [5, 5.41) is 3.17. The molecule has 0 spiro atoms. The average molecular weight is 435 g/mol. The van der Waals surface area contributed by atoms with E-state index in [1.807, 2.05) is 44.3 Å². The molecule has 1 N–H and O–H groups in total. The number of hydrogen-bond acceptors (Lipinski definition) is 7. The first kappa shape index (κ1) is 20.3. The number of rotatable bonds is 5. The Hall–Kier alpha value is -3.62. The third-order valence-corrected chi connectivity index (χ3v) is 5.84. The highest BCUT2D eigenvalue weighted by Crippen LogP contribution is 2.33. The monoisotopic (exact) mass is 434 g/mol. The average Bonchev–Trinajstić information content (AvgIpc) is 3.50. The lowest BCUT2D eigenvalue weighted by atomic mass is 10.1. The number of aromatic nitrogens is 4. The van der Waals surface area contributed by atoms with Crippen LogP contribution in [0, 0.1) is 6.92 Å². The van der Waals surface area contributed by atoms with Crippen molar-refractivity contribution in [2.45, 2.75) is 38.8 Å². The molecular formula is C23H26N6O3. The van der Waals surface area contributed by atoms with Gasteiger partial charge in [0, 0.05) is 30.7 Å². The van der Waals surface area contributed by atoms with Crippen molar-refractivity contribution in [1.29, 1.82) is 0 Å². The molecule has 2 aliphatic heterocycles. The van der Waals surface area contributed by atoms with Crippen LogP contribution in [0.15, 0.2) is 43.0 Å². The Morgan fingerprint density at radius 3 is 2.84 bits per heavy atom. The maximum absolute atomic E-state index is 13.2. The van der Waals surface area contributed by atoms with Crippen LogP contribution < -0.4 is 19.7 Å². The molecule has 1 fully saturated rings. The number of aryl methyl sites for hydroxylation is 1. The number of anilines is 1. The van der Waals surface area contributed by atoms with Crippen molar-refractivity contribution < 1.29 is 14.3 Å². The molecule has 9 heteroatoms. The summed E-state index contributed by atoms with van der Waals surface area (Å²) >= 11 is 0. The molecule has 3 aromatic rings. The lowest BCUT2D eigenvalue weighted by Crippen LogP contribution is -2.44. The van der Waals surface area contributed by atoms with Gasteiger partial charge >= 0.3 is 0 Å². The van der Waals surface area contributed by atoms with Crippen LogP contribution in [-0.4, -0.2) is 51.2 Å². The fourth-order valence-electron chi connectivity index (χ4n) is 4.21. The number of fused-ring (bicyclic) bond motifs is 1. The molecule has 1 amide bonds. The SMILES string of the molecule is Cc1cc(N2CCCC2C(=O)NC(C)c2ccc3c(c2)OCCO3)nc(-n2ccnc2)n1. The maximum atomic E-state index is 13.2. The molecule has 0 saturated carbocycles. The first-order valence-corrected chi connectivity index (χ1v) is 10.9. The number of benzene rings is 1. The van der Waals surface area contributed by atoms with E-state index in [4.69, 9.17) is 14.5 Å². The van der Waals surface area contributed by atoms with Gasteiger partial charge in [-0.2, -0.15) is 4.98 Å². The van der Waals surface area contributed by atoms with E-state index in [1.165, 1.54) is 0 Å². The third kappa shape index (κ3) is 3.98. The van der Waals surface area contributed by atoms with Crippen molar-refractivity contribution in [3.8, 4) is 17.4 Å². The normalized spacial score (nSPS) is 18.4. The fraction of sp³-hybridized carbons (Fsp3) is 0.391. The van der Waals surface area contributed by atoms with E-state index in [0.717, 1.165) is 48.0 Å². The minimum Gasteiger partial charge on any atom is -0.486 e. The first-order valence-electron chi connectivity index (χ1n) is 10.9. The second kappa shape index (κ2) is 8.49. The molecule has 4 heterocycles. The summed E-state index contributed by atoms with van der Waals surface area (Å²) in [6.45, 7) is 5.78. The fourth-order valence-corrected chi connectivity index (χ4v) is 4.21. The molecule has 0 aliphatic carbocycles.